The van der Waals surface area contributed by atoms with Crippen LogP contribution in [0.1, 0.15) is 16.7 Å². The normalized spacial score (nSPS) is 11.2. The number of hydrogen-bond donors (Lipinski definition) is 1. The molecule has 0 fully saturated rings. The van der Waals surface area contributed by atoms with Gasteiger partial charge in [-0.25, -0.2) is 8.42 Å². The van der Waals surface area contributed by atoms with E-state index in [1.165, 1.54) is 19.2 Å². The van der Waals surface area contributed by atoms with Gasteiger partial charge >= 0.3 is 5.97 Å². The molecule has 0 aliphatic rings. The second-order valence-corrected chi connectivity index (χ2v) is 11.5. The van der Waals surface area contributed by atoms with Gasteiger partial charge in [-0.15, -0.1) is 10.2 Å². The summed E-state index contributed by atoms with van der Waals surface area (Å²) < 4.78 is 33.3. The maximum Gasteiger partial charge on any atom is 0.316 e. The fourth-order valence-corrected chi connectivity index (χ4v) is 5.99. The molecular weight excluding hydrogens is 496 g/mol. The minimum Gasteiger partial charge on any atom is -0.468 e. The number of ether oxygens (including phenoxy) is 1. The number of carbonyl (C=O) groups excluding carboxylic acids is 2. The fraction of sp³-hybridized carbons (Fsp3) is 0.273. The second-order valence-electron chi connectivity index (χ2n) is 7.40. The van der Waals surface area contributed by atoms with E-state index < -0.39 is 28.4 Å². The Balaban J connectivity index is 1.85. The lowest BCUT2D eigenvalue weighted by Crippen LogP contribution is -2.38. The second kappa shape index (κ2) is 11.0. The van der Waals surface area contributed by atoms with Gasteiger partial charge in [-0.05, 0) is 50.1 Å². The Bertz CT molecular complexity index is 1290. The van der Waals surface area contributed by atoms with E-state index in [0.717, 1.165) is 38.5 Å². The first kappa shape index (κ1) is 25.7. The van der Waals surface area contributed by atoms with Gasteiger partial charge in [0.1, 0.15) is 6.54 Å². The van der Waals surface area contributed by atoms with Gasteiger partial charge in [0, 0.05) is 0 Å². The highest BCUT2D eigenvalue weighted by Crippen LogP contribution is 2.29. The zero-order valence-corrected chi connectivity index (χ0v) is 21.5. The summed E-state index contributed by atoms with van der Waals surface area (Å²) in [5, 5.41) is 10.6. The fourth-order valence-electron chi connectivity index (χ4n) is 2.91. The van der Waals surface area contributed by atoms with E-state index in [2.05, 4.69) is 20.3 Å². The summed E-state index contributed by atoms with van der Waals surface area (Å²) in [6.45, 7) is 5.06. The number of carbonyl (C=O) groups is 2. The van der Waals surface area contributed by atoms with Crippen LogP contribution in [-0.2, 0) is 24.3 Å². The number of nitrogens with one attached hydrogen (secondary N) is 1. The molecule has 1 aromatic heterocycles. The molecule has 9 nitrogen and oxygen atoms in total. The molecule has 0 aliphatic carbocycles. The molecule has 0 saturated heterocycles. The number of rotatable bonds is 9. The smallest absolute Gasteiger partial charge is 0.316 e. The first-order valence-corrected chi connectivity index (χ1v) is 13.3. The topological polar surface area (TPSA) is 119 Å². The third-order valence-electron chi connectivity index (χ3n) is 4.72. The standard InChI is InChI=1S/C22H24N4O5S3/c1-14-6-9-17(10-7-14)34(29,30)26(18-11-15(2)5-8-16(18)3)12-19(27)23-21-24-25-22(33-21)32-13-20(28)31-4/h5-11H,12-13H2,1-4H3,(H,23,24,27). The van der Waals surface area contributed by atoms with Crippen LogP contribution >= 0.6 is 23.1 Å². The third kappa shape index (κ3) is 6.33. The summed E-state index contributed by atoms with van der Waals surface area (Å²) in [6.07, 6.45) is 0. The Morgan fingerprint density at radius 2 is 1.74 bits per heavy atom. The highest BCUT2D eigenvalue weighted by molar-refractivity contribution is 8.01. The van der Waals surface area contributed by atoms with Crippen molar-refractivity contribution in [2.75, 3.05) is 29.0 Å². The van der Waals surface area contributed by atoms with E-state index >= 15 is 0 Å². The molecule has 0 radical (unpaired) electrons. The summed E-state index contributed by atoms with van der Waals surface area (Å²) in [4.78, 5) is 24.3. The Labute approximate surface area is 206 Å². The molecule has 0 unspecified atom stereocenters. The SMILES string of the molecule is COC(=O)CSc1nnc(NC(=O)CN(c2cc(C)ccc2C)S(=O)(=O)c2ccc(C)cc2)s1. The van der Waals surface area contributed by atoms with Crippen LogP contribution in [0.2, 0.25) is 0 Å². The summed E-state index contributed by atoms with van der Waals surface area (Å²) in [6, 6.07) is 11.9. The van der Waals surface area contributed by atoms with Gasteiger partial charge in [0.2, 0.25) is 11.0 Å². The number of methoxy groups -OCH3 is 1. The van der Waals surface area contributed by atoms with Gasteiger partial charge in [0.05, 0.1) is 23.4 Å². The van der Waals surface area contributed by atoms with E-state index in [1.54, 1.807) is 25.1 Å². The van der Waals surface area contributed by atoms with Crippen LogP contribution in [0.25, 0.3) is 0 Å². The molecule has 0 spiro atoms. The Morgan fingerprint density at radius 1 is 1.06 bits per heavy atom. The average molecular weight is 521 g/mol. The predicted molar refractivity (Wildman–Crippen MR) is 133 cm³/mol. The highest BCUT2D eigenvalue weighted by Gasteiger charge is 2.28. The zero-order chi connectivity index (χ0) is 24.9. The minimum atomic E-state index is -4.03. The molecular formula is C22H24N4O5S3. The van der Waals surface area contributed by atoms with Crippen molar-refractivity contribution in [1.82, 2.24) is 10.2 Å². The lowest BCUT2D eigenvalue weighted by atomic mass is 10.1. The molecule has 0 saturated carbocycles. The number of thioether (sulfide) groups is 1. The zero-order valence-electron chi connectivity index (χ0n) is 19.1. The first-order valence-electron chi connectivity index (χ1n) is 10.1. The molecule has 1 heterocycles. The number of anilines is 2. The number of esters is 1. The van der Waals surface area contributed by atoms with Crippen molar-refractivity contribution in [3.05, 3.63) is 59.2 Å². The Hall–Kier alpha value is -2.96. The molecule has 3 aromatic rings. The monoisotopic (exact) mass is 520 g/mol. The summed E-state index contributed by atoms with van der Waals surface area (Å²) >= 11 is 2.21. The Morgan fingerprint density at radius 3 is 2.41 bits per heavy atom. The van der Waals surface area contributed by atoms with Crippen molar-refractivity contribution in [2.45, 2.75) is 30.0 Å². The van der Waals surface area contributed by atoms with Gasteiger partial charge in [-0.2, -0.15) is 0 Å². The summed E-state index contributed by atoms with van der Waals surface area (Å²) in [7, 11) is -2.74. The van der Waals surface area contributed by atoms with Gasteiger partial charge in [0.25, 0.3) is 10.0 Å². The quantitative estimate of drug-likeness (QED) is 0.258. The van der Waals surface area contributed by atoms with Crippen molar-refractivity contribution in [1.29, 1.82) is 0 Å². The van der Waals surface area contributed by atoms with E-state index in [9.17, 15) is 18.0 Å². The summed E-state index contributed by atoms with van der Waals surface area (Å²) in [5.74, 6) is -0.914. The minimum absolute atomic E-state index is 0.0638. The first-order chi connectivity index (χ1) is 16.1. The van der Waals surface area contributed by atoms with Crippen LogP contribution < -0.4 is 9.62 Å². The van der Waals surface area contributed by atoms with Crippen molar-refractivity contribution in [3.8, 4) is 0 Å². The van der Waals surface area contributed by atoms with Gasteiger partial charge in [-0.1, -0.05) is 52.9 Å². The van der Waals surface area contributed by atoms with Gasteiger partial charge < -0.3 is 4.74 Å². The maximum absolute atomic E-state index is 13.6. The van der Waals surface area contributed by atoms with Crippen molar-refractivity contribution >= 4 is 55.8 Å². The molecule has 1 amide bonds. The van der Waals surface area contributed by atoms with Crippen molar-refractivity contribution in [2.24, 2.45) is 0 Å². The molecule has 3 rings (SSSR count). The van der Waals surface area contributed by atoms with Crippen LogP contribution in [0.3, 0.4) is 0 Å². The number of aryl methyl sites for hydroxylation is 3. The van der Waals surface area contributed by atoms with Crippen LogP contribution in [0.5, 0.6) is 0 Å². The molecule has 180 valence electrons. The molecule has 12 heteroatoms. The molecule has 0 aliphatic heterocycles. The van der Waals surface area contributed by atoms with E-state index in [-0.39, 0.29) is 15.8 Å². The number of sulfonamides is 1. The van der Waals surface area contributed by atoms with E-state index in [0.29, 0.717) is 15.6 Å². The number of amides is 1. The van der Waals surface area contributed by atoms with E-state index in [1.807, 2.05) is 26.0 Å². The molecule has 1 N–H and O–H groups in total. The van der Waals surface area contributed by atoms with Crippen LogP contribution in [0.4, 0.5) is 10.8 Å². The largest absolute Gasteiger partial charge is 0.468 e. The number of nitrogens with zero attached hydrogens (tertiary/aromatic N) is 3. The molecule has 0 atom stereocenters. The van der Waals surface area contributed by atoms with Gasteiger partial charge in [0.15, 0.2) is 4.34 Å². The predicted octanol–water partition coefficient (Wildman–Crippen LogP) is 3.56. The van der Waals surface area contributed by atoms with Crippen LogP contribution in [-0.4, -0.2) is 49.9 Å². The molecule has 0 bridgehead atoms. The summed E-state index contributed by atoms with van der Waals surface area (Å²) in [5.41, 5.74) is 2.92. The van der Waals surface area contributed by atoms with Gasteiger partial charge in [-0.3, -0.25) is 19.2 Å². The Kier molecular flexibility index (Phi) is 8.28. The van der Waals surface area contributed by atoms with Crippen LogP contribution in [0, 0.1) is 20.8 Å². The molecule has 34 heavy (non-hydrogen) atoms. The number of hydrogen-bond acceptors (Lipinski definition) is 9. The lowest BCUT2D eigenvalue weighted by molar-refractivity contribution is -0.137. The third-order valence-corrected chi connectivity index (χ3v) is 8.44. The maximum atomic E-state index is 13.6. The highest BCUT2D eigenvalue weighted by atomic mass is 32.2. The van der Waals surface area contributed by atoms with Crippen LogP contribution in [0.15, 0.2) is 51.7 Å². The molecule has 2 aromatic carbocycles. The van der Waals surface area contributed by atoms with E-state index in [4.69, 9.17) is 0 Å². The van der Waals surface area contributed by atoms with Crippen molar-refractivity contribution in [3.63, 3.8) is 0 Å². The average Bonchev–Trinajstić information content (AvgIpc) is 3.25. The lowest BCUT2D eigenvalue weighted by Gasteiger charge is -2.26. The number of benzene rings is 2. The number of aromatic nitrogens is 2. The van der Waals surface area contributed by atoms with Crippen molar-refractivity contribution < 1.29 is 22.7 Å².